The molecule has 1 aliphatic heterocycles. The molecule has 0 radical (unpaired) electrons. The van der Waals surface area contributed by atoms with E-state index in [-0.39, 0.29) is 5.41 Å². The molecule has 0 spiro atoms. The van der Waals surface area contributed by atoms with E-state index < -0.39 is 0 Å². The summed E-state index contributed by atoms with van der Waals surface area (Å²) in [5.41, 5.74) is 11.0. The van der Waals surface area contributed by atoms with Gasteiger partial charge in [0.05, 0.1) is 11.2 Å². The predicted octanol–water partition coefficient (Wildman–Crippen LogP) is 11.5. The van der Waals surface area contributed by atoms with Crippen LogP contribution in [0.25, 0.3) is 55.8 Å². The Morgan fingerprint density at radius 2 is 1.09 bits per heavy atom. The van der Waals surface area contributed by atoms with Gasteiger partial charge in [0.1, 0.15) is 11.5 Å². The van der Waals surface area contributed by atoms with Gasteiger partial charge in [-0.15, -0.1) is 0 Å². The zero-order valence-corrected chi connectivity index (χ0v) is 26.1. The van der Waals surface area contributed by atoms with E-state index in [1.165, 1.54) is 22.3 Å². The van der Waals surface area contributed by atoms with Crippen molar-refractivity contribution in [2.24, 2.45) is 0 Å². The van der Waals surface area contributed by atoms with Crippen LogP contribution in [0.3, 0.4) is 0 Å². The van der Waals surface area contributed by atoms with E-state index in [1.54, 1.807) is 0 Å². The summed E-state index contributed by atoms with van der Waals surface area (Å²) in [7, 11) is 0. The molecule has 0 atom stereocenters. The number of hydrogen-bond acceptors (Lipinski definition) is 3. The minimum absolute atomic E-state index is 0.0930. The Kier molecular flexibility index (Phi) is 6.95. The van der Waals surface area contributed by atoms with Crippen LogP contribution in [0.1, 0.15) is 37.8 Å². The maximum atomic E-state index is 6.43. The first kappa shape index (κ1) is 28.0. The van der Waals surface area contributed by atoms with Gasteiger partial charge >= 0.3 is 0 Å². The van der Waals surface area contributed by atoms with Crippen LogP contribution in [-0.2, 0) is 5.41 Å². The lowest BCUT2D eigenvalue weighted by atomic mass is 9.68. The van der Waals surface area contributed by atoms with Gasteiger partial charge in [-0.2, -0.15) is 0 Å². The van der Waals surface area contributed by atoms with Crippen LogP contribution in [0.2, 0.25) is 0 Å². The molecule has 222 valence electrons. The smallest absolute Gasteiger partial charge is 0.160 e. The lowest BCUT2D eigenvalue weighted by Crippen LogP contribution is -2.30. The molecule has 0 aliphatic carbocycles. The topological polar surface area (TPSA) is 35.0 Å². The van der Waals surface area contributed by atoms with Crippen LogP contribution in [-0.4, -0.2) is 9.97 Å². The monoisotopic (exact) mass is 594 g/mol. The Morgan fingerprint density at radius 1 is 0.478 bits per heavy atom. The molecule has 7 aromatic rings. The van der Waals surface area contributed by atoms with Gasteiger partial charge in [0, 0.05) is 33.1 Å². The second-order valence-electron chi connectivity index (χ2n) is 12.0. The van der Waals surface area contributed by atoms with Crippen molar-refractivity contribution < 1.29 is 4.74 Å². The van der Waals surface area contributed by atoms with Gasteiger partial charge in [-0.3, -0.25) is 0 Å². The fraction of sp³-hybridized carbons (Fsp3) is 0.116. The Labute approximate surface area is 270 Å². The second kappa shape index (κ2) is 11.4. The van der Waals surface area contributed by atoms with E-state index in [0.717, 1.165) is 69.0 Å². The molecule has 0 saturated carbocycles. The zero-order chi connectivity index (χ0) is 31.1. The number of benzene rings is 6. The maximum Gasteiger partial charge on any atom is 0.160 e. The molecule has 0 saturated heterocycles. The van der Waals surface area contributed by atoms with E-state index in [9.17, 15) is 0 Å². The normalized spacial score (nSPS) is 13.1. The van der Waals surface area contributed by atoms with Gasteiger partial charge in [0.25, 0.3) is 0 Å². The van der Waals surface area contributed by atoms with E-state index in [0.29, 0.717) is 0 Å². The molecular weight excluding hydrogens is 560 g/mol. The molecule has 0 amide bonds. The molecule has 1 aliphatic rings. The fourth-order valence-electron chi connectivity index (χ4n) is 7.11. The van der Waals surface area contributed by atoms with Gasteiger partial charge in [-0.05, 0) is 65.4 Å². The minimum atomic E-state index is -0.0930. The number of rotatable bonds is 6. The molecule has 6 aromatic carbocycles. The van der Waals surface area contributed by atoms with Gasteiger partial charge in [-0.1, -0.05) is 129 Å². The summed E-state index contributed by atoms with van der Waals surface area (Å²) in [4.78, 5) is 10.2. The third-order valence-electron chi connectivity index (χ3n) is 9.65. The molecular formula is C43H34N2O. The van der Waals surface area contributed by atoms with Gasteiger partial charge < -0.3 is 4.74 Å². The molecule has 0 bridgehead atoms. The maximum absolute atomic E-state index is 6.43. The molecule has 8 rings (SSSR count). The highest BCUT2D eigenvalue weighted by Gasteiger charge is 2.39. The predicted molar refractivity (Wildman–Crippen MR) is 189 cm³/mol. The molecule has 2 heterocycles. The van der Waals surface area contributed by atoms with Crippen LogP contribution >= 0.6 is 0 Å². The number of nitrogens with zero attached hydrogens (tertiary/aromatic N) is 2. The number of ether oxygens (including phenoxy) is 1. The van der Waals surface area contributed by atoms with Crippen LogP contribution < -0.4 is 4.74 Å². The number of para-hydroxylation sites is 2. The number of hydrogen-bond donors (Lipinski definition) is 0. The van der Waals surface area contributed by atoms with Crippen LogP contribution in [0.4, 0.5) is 0 Å². The average Bonchev–Trinajstić information content (AvgIpc) is 3.14. The molecule has 1 aromatic heterocycles. The third-order valence-corrected chi connectivity index (χ3v) is 9.65. The van der Waals surface area contributed by atoms with E-state index in [4.69, 9.17) is 14.7 Å². The van der Waals surface area contributed by atoms with Crippen molar-refractivity contribution in [1.82, 2.24) is 9.97 Å². The molecule has 0 fully saturated rings. The van der Waals surface area contributed by atoms with Gasteiger partial charge in [0.2, 0.25) is 0 Å². The van der Waals surface area contributed by atoms with E-state index in [1.807, 2.05) is 12.1 Å². The first-order chi connectivity index (χ1) is 22.7. The summed E-state index contributed by atoms with van der Waals surface area (Å²) < 4.78 is 6.43. The average molecular weight is 595 g/mol. The van der Waals surface area contributed by atoms with Crippen molar-refractivity contribution in [1.29, 1.82) is 0 Å². The van der Waals surface area contributed by atoms with Crippen molar-refractivity contribution in [3.8, 4) is 56.4 Å². The summed E-state index contributed by atoms with van der Waals surface area (Å²) in [6.45, 7) is 4.57. The van der Waals surface area contributed by atoms with Crippen molar-refractivity contribution in [2.45, 2.75) is 32.1 Å². The second-order valence-corrected chi connectivity index (χ2v) is 12.0. The molecule has 46 heavy (non-hydrogen) atoms. The summed E-state index contributed by atoms with van der Waals surface area (Å²) in [5, 5.41) is 1.04. The van der Waals surface area contributed by atoms with Gasteiger partial charge in [-0.25, -0.2) is 9.97 Å². The van der Waals surface area contributed by atoms with E-state index in [2.05, 4.69) is 147 Å². The molecule has 3 heteroatoms. The van der Waals surface area contributed by atoms with Crippen LogP contribution in [0.15, 0.2) is 146 Å². The standard InChI is InChI=1S/C43H34N2O/c1-3-43(4-2)36-18-9-11-20-39(36)46-40-26-25-33(28-37(40)43)32-15-12-16-34(27-32)42-44-38-19-10-8-17-35(38)41(45-42)31-23-21-30(22-24-31)29-13-6-5-7-14-29/h5-28H,3-4H2,1-2H3. The van der Waals surface area contributed by atoms with Crippen molar-refractivity contribution in [3.63, 3.8) is 0 Å². The van der Waals surface area contributed by atoms with Crippen LogP contribution in [0.5, 0.6) is 11.5 Å². The van der Waals surface area contributed by atoms with Crippen LogP contribution in [0, 0.1) is 0 Å². The Morgan fingerprint density at radius 3 is 1.91 bits per heavy atom. The molecule has 3 nitrogen and oxygen atoms in total. The minimum Gasteiger partial charge on any atom is -0.457 e. The van der Waals surface area contributed by atoms with Gasteiger partial charge in [0.15, 0.2) is 5.82 Å². The SMILES string of the molecule is CCC1(CC)c2ccccc2Oc2ccc(-c3cccc(-c4nc(-c5ccc(-c6ccccc6)cc5)c5ccccc5n4)c3)cc21. The summed E-state index contributed by atoms with van der Waals surface area (Å²) in [6, 6.07) is 51.1. The Balaban J connectivity index is 1.20. The first-order valence-electron chi connectivity index (χ1n) is 16.1. The largest absolute Gasteiger partial charge is 0.457 e. The first-order valence-corrected chi connectivity index (χ1v) is 16.1. The molecule has 0 unspecified atom stereocenters. The summed E-state index contributed by atoms with van der Waals surface area (Å²) in [6.07, 6.45) is 2.00. The summed E-state index contributed by atoms with van der Waals surface area (Å²) >= 11 is 0. The highest BCUT2D eigenvalue weighted by Crippen LogP contribution is 2.52. The Bertz CT molecular complexity index is 2200. The summed E-state index contributed by atoms with van der Waals surface area (Å²) in [5.74, 6) is 2.63. The number of aromatic nitrogens is 2. The third kappa shape index (κ3) is 4.67. The van der Waals surface area contributed by atoms with E-state index >= 15 is 0 Å². The fourth-order valence-corrected chi connectivity index (χ4v) is 7.11. The highest BCUT2D eigenvalue weighted by molar-refractivity contribution is 5.94. The highest BCUT2D eigenvalue weighted by atomic mass is 16.5. The molecule has 0 N–H and O–H groups in total. The van der Waals surface area contributed by atoms with Crippen molar-refractivity contribution in [3.05, 3.63) is 157 Å². The lowest BCUT2D eigenvalue weighted by Gasteiger charge is -2.39. The number of fused-ring (bicyclic) bond motifs is 3. The van der Waals surface area contributed by atoms with Crippen molar-refractivity contribution in [2.75, 3.05) is 0 Å². The Hall–Kier alpha value is -5.54. The zero-order valence-electron chi connectivity index (χ0n) is 26.1. The quantitative estimate of drug-likeness (QED) is 0.192. The lowest BCUT2D eigenvalue weighted by molar-refractivity contribution is 0.375. The van der Waals surface area contributed by atoms with Crippen molar-refractivity contribution >= 4 is 10.9 Å².